The van der Waals surface area contributed by atoms with Crippen LogP contribution in [0, 0.1) is 0 Å². The van der Waals surface area contributed by atoms with Crippen LogP contribution >= 0.6 is 0 Å². The molecule has 0 aromatic carbocycles. The second-order valence-corrected chi connectivity index (χ2v) is 9.29. The number of rotatable bonds is 0. The molecule has 72 valence electrons. The summed E-state index contributed by atoms with van der Waals surface area (Å²) in [6, 6.07) is 0. The van der Waals surface area contributed by atoms with E-state index in [1.165, 1.54) is 20.8 Å². The Bertz CT molecular complexity index is 387. The SMILES string of the molecule is CC1CS(=O)(=O)C(C)(C)S1(=O)=O. The van der Waals surface area contributed by atoms with Crippen molar-refractivity contribution in [3.63, 3.8) is 0 Å². The molecule has 0 amide bonds. The number of hydrogen-bond donors (Lipinski definition) is 0. The van der Waals surface area contributed by atoms with Crippen molar-refractivity contribution >= 4 is 19.7 Å². The smallest absolute Gasteiger partial charge is 0.173 e. The van der Waals surface area contributed by atoms with E-state index in [0.29, 0.717) is 0 Å². The Morgan fingerprint density at radius 3 is 1.67 bits per heavy atom. The minimum atomic E-state index is -3.50. The first kappa shape index (κ1) is 9.98. The molecular weight excluding hydrogens is 200 g/mol. The van der Waals surface area contributed by atoms with Gasteiger partial charge in [0.1, 0.15) is 0 Å². The topological polar surface area (TPSA) is 68.3 Å². The molecule has 1 atom stereocenters. The molecule has 1 rings (SSSR count). The fourth-order valence-corrected chi connectivity index (χ4v) is 6.62. The lowest BCUT2D eigenvalue weighted by Crippen LogP contribution is -2.34. The van der Waals surface area contributed by atoms with Gasteiger partial charge >= 0.3 is 0 Å². The quantitative estimate of drug-likeness (QED) is 0.565. The van der Waals surface area contributed by atoms with Crippen molar-refractivity contribution in [3.8, 4) is 0 Å². The molecule has 1 fully saturated rings. The van der Waals surface area contributed by atoms with Crippen molar-refractivity contribution in [1.82, 2.24) is 0 Å². The second-order valence-electron chi connectivity index (χ2n) is 3.54. The molecule has 1 aliphatic rings. The van der Waals surface area contributed by atoms with Gasteiger partial charge in [-0.1, -0.05) is 0 Å². The molecular formula is C6H12O4S2. The van der Waals surface area contributed by atoms with Crippen LogP contribution in [0.3, 0.4) is 0 Å². The highest BCUT2D eigenvalue weighted by Crippen LogP contribution is 2.35. The highest BCUT2D eigenvalue weighted by Gasteiger charge is 2.56. The average Bonchev–Trinajstić information content (AvgIpc) is 1.92. The molecule has 12 heavy (non-hydrogen) atoms. The Kier molecular flexibility index (Phi) is 1.85. The van der Waals surface area contributed by atoms with E-state index in [-0.39, 0.29) is 5.75 Å². The molecule has 0 aliphatic carbocycles. The highest BCUT2D eigenvalue weighted by atomic mass is 32.3. The molecule has 1 aliphatic heterocycles. The predicted molar refractivity (Wildman–Crippen MR) is 46.2 cm³/mol. The van der Waals surface area contributed by atoms with Crippen LogP contribution in [0.1, 0.15) is 20.8 Å². The zero-order valence-corrected chi connectivity index (χ0v) is 8.87. The maximum absolute atomic E-state index is 11.5. The number of sulfone groups is 2. The minimum absolute atomic E-state index is 0.248. The van der Waals surface area contributed by atoms with Gasteiger partial charge in [0.25, 0.3) is 0 Å². The summed E-state index contributed by atoms with van der Waals surface area (Å²) >= 11 is 0. The largest absolute Gasteiger partial charge is 0.227 e. The lowest BCUT2D eigenvalue weighted by atomic mass is 10.5. The van der Waals surface area contributed by atoms with Crippen molar-refractivity contribution in [1.29, 1.82) is 0 Å². The first-order chi connectivity index (χ1) is 5.13. The van der Waals surface area contributed by atoms with E-state index < -0.39 is 29.0 Å². The van der Waals surface area contributed by atoms with Crippen molar-refractivity contribution in [3.05, 3.63) is 0 Å². The van der Waals surface area contributed by atoms with Crippen molar-refractivity contribution < 1.29 is 16.8 Å². The van der Waals surface area contributed by atoms with Crippen LogP contribution in [-0.4, -0.2) is 31.9 Å². The van der Waals surface area contributed by atoms with Crippen LogP contribution in [0.15, 0.2) is 0 Å². The van der Waals surface area contributed by atoms with Crippen LogP contribution in [-0.2, 0) is 19.7 Å². The van der Waals surface area contributed by atoms with Crippen LogP contribution in [0.2, 0.25) is 0 Å². The van der Waals surface area contributed by atoms with Gasteiger partial charge in [0.2, 0.25) is 0 Å². The Labute approximate surface area is 72.8 Å². The van der Waals surface area contributed by atoms with Gasteiger partial charge in [-0.05, 0) is 20.8 Å². The molecule has 0 bridgehead atoms. The van der Waals surface area contributed by atoms with Gasteiger partial charge in [0.15, 0.2) is 23.8 Å². The van der Waals surface area contributed by atoms with Gasteiger partial charge in [-0.25, -0.2) is 16.8 Å². The molecule has 6 heteroatoms. The lowest BCUT2D eigenvalue weighted by molar-refractivity contribution is 0.566. The first-order valence-electron chi connectivity index (χ1n) is 3.58. The van der Waals surface area contributed by atoms with Gasteiger partial charge in [-0.2, -0.15) is 0 Å². The third kappa shape index (κ3) is 0.939. The summed E-state index contributed by atoms with van der Waals surface area (Å²) in [4.78, 5) is 0. The Morgan fingerprint density at radius 2 is 1.58 bits per heavy atom. The average molecular weight is 212 g/mol. The van der Waals surface area contributed by atoms with Gasteiger partial charge in [-0.15, -0.1) is 0 Å². The maximum Gasteiger partial charge on any atom is 0.173 e. The molecule has 0 aromatic heterocycles. The first-order valence-corrected chi connectivity index (χ1v) is 6.78. The summed E-state index contributed by atoms with van der Waals surface area (Å²) in [6.45, 7) is 3.93. The zero-order valence-electron chi connectivity index (χ0n) is 7.23. The fourth-order valence-electron chi connectivity index (χ4n) is 1.26. The minimum Gasteiger partial charge on any atom is -0.227 e. The van der Waals surface area contributed by atoms with Crippen molar-refractivity contribution in [2.24, 2.45) is 0 Å². The summed E-state index contributed by atoms with van der Waals surface area (Å²) in [5, 5.41) is -0.766. The maximum atomic E-state index is 11.5. The van der Waals surface area contributed by atoms with E-state index in [9.17, 15) is 16.8 Å². The molecule has 0 spiro atoms. The molecule has 0 N–H and O–H groups in total. The van der Waals surface area contributed by atoms with E-state index in [2.05, 4.69) is 0 Å². The standard InChI is InChI=1S/C6H12O4S2/c1-5-4-11(7,8)6(2,3)12(5,9)10/h5H,4H2,1-3H3. The highest BCUT2D eigenvalue weighted by molar-refractivity contribution is 8.13. The zero-order chi connectivity index (χ0) is 9.78. The number of hydrogen-bond acceptors (Lipinski definition) is 4. The summed E-state index contributed by atoms with van der Waals surface area (Å²) in [6.07, 6.45) is 0. The third-order valence-corrected chi connectivity index (χ3v) is 9.12. The lowest BCUT2D eigenvalue weighted by Gasteiger charge is -2.15. The van der Waals surface area contributed by atoms with E-state index in [0.717, 1.165) is 0 Å². The summed E-state index contributed by atoms with van der Waals surface area (Å²) in [5.41, 5.74) is 0. The Morgan fingerprint density at radius 1 is 1.17 bits per heavy atom. The molecule has 1 unspecified atom stereocenters. The van der Waals surface area contributed by atoms with E-state index in [1.807, 2.05) is 0 Å². The second kappa shape index (κ2) is 2.23. The van der Waals surface area contributed by atoms with Crippen molar-refractivity contribution in [2.45, 2.75) is 30.1 Å². The molecule has 4 nitrogen and oxygen atoms in total. The molecule has 1 saturated heterocycles. The molecule has 0 radical (unpaired) electrons. The normalized spacial score (nSPS) is 36.4. The van der Waals surface area contributed by atoms with Gasteiger partial charge in [0, 0.05) is 0 Å². The molecule has 0 aromatic rings. The van der Waals surface area contributed by atoms with Crippen LogP contribution in [0.25, 0.3) is 0 Å². The molecule has 1 heterocycles. The summed E-state index contributed by atoms with van der Waals surface area (Å²) < 4.78 is 44.0. The van der Waals surface area contributed by atoms with E-state index >= 15 is 0 Å². The van der Waals surface area contributed by atoms with Gasteiger partial charge < -0.3 is 0 Å². The van der Waals surface area contributed by atoms with Crippen LogP contribution in [0.4, 0.5) is 0 Å². The van der Waals surface area contributed by atoms with Crippen LogP contribution < -0.4 is 0 Å². The van der Waals surface area contributed by atoms with E-state index in [1.54, 1.807) is 0 Å². The van der Waals surface area contributed by atoms with Crippen molar-refractivity contribution in [2.75, 3.05) is 5.75 Å². The molecule has 0 saturated carbocycles. The Balaban J connectivity index is 3.51. The van der Waals surface area contributed by atoms with E-state index in [4.69, 9.17) is 0 Å². The summed E-state index contributed by atoms with van der Waals surface area (Å²) in [7, 11) is -6.97. The van der Waals surface area contributed by atoms with Gasteiger partial charge in [-0.3, -0.25) is 0 Å². The third-order valence-electron chi connectivity index (χ3n) is 2.42. The fraction of sp³-hybridized carbons (Fsp3) is 1.00. The van der Waals surface area contributed by atoms with Gasteiger partial charge in [0.05, 0.1) is 11.0 Å². The summed E-state index contributed by atoms with van der Waals surface area (Å²) in [5.74, 6) is -0.248. The monoisotopic (exact) mass is 212 g/mol. The predicted octanol–water partition coefficient (Wildman–Crippen LogP) is -0.0458. The van der Waals surface area contributed by atoms with Crippen LogP contribution in [0.5, 0.6) is 0 Å². The Hall–Kier alpha value is -0.100.